The highest BCUT2D eigenvalue weighted by molar-refractivity contribution is 5.86. The largest absolute Gasteiger partial charge is 0.492 e. The van der Waals surface area contributed by atoms with E-state index in [2.05, 4.69) is 10.1 Å². The number of ether oxygens (including phenoxy) is 3. The van der Waals surface area contributed by atoms with Crippen molar-refractivity contribution in [3.63, 3.8) is 0 Å². The van der Waals surface area contributed by atoms with Gasteiger partial charge in [0.1, 0.15) is 18.0 Å². The van der Waals surface area contributed by atoms with Crippen molar-refractivity contribution in [2.45, 2.75) is 26.4 Å². The van der Waals surface area contributed by atoms with Gasteiger partial charge in [-0.05, 0) is 44.5 Å². The van der Waals surface area contributed by atoms with Gasteiger partial charge in [-0.1, -0.05) is 12.1 Å². The van der Waals surface area contributed by atoms with Crippen LogP contribution in [0.15, 0.2) is 30.3 Å². The van der Waals surface area contributed by atoms with Crippen LogP contribution in [0.3, 0.4) is 0 Å². The summed E-state index contributed by atoms with van der Waals surface area (Å²) in [5, 5.41) is 2.61. The summed E-state index contributed by atoms with van der Waals surface area (Å²) in [6, 6.07) is 7.20. The van der Waals surface area contributed by atoms with Crippen LogP contribution in [-0.4, -0.2) is 37.9 Å². The van der Waals surface area contributed by atoms with Gasteiger partial charge in [0, 0.05) is 6.08 Å². The van der Waals surface area contributed by atoms with Gasteiger partial charge in [0.25, 0.3) is 0 Å². The molecular formula is C17H23NO5. The van der Waals surface area contributed by atoms with Gasteiger partial charge in [-0.2, -0.15) is 0 Å². The van der Waals surface area contributed by atoms with Crippen LogP contribution in [0.25, 0.3) is 6.08 Å². The molecule has 0 heterocycles. The molecule has 126 valence electrons. The summed E-state index contributed by atoms with van der Waals surface area (Å²) in [5.41, 5.74) is 0.341. The quantitative estimate of drug-likeness (QED) is 0.495. The van der Waals surface area contributed by atoms with Crippen molar-refractivity contribution in [2.24, 2.45) is 0 Å². The fourth-order valence-electron chi connectivity index (χ4n) is 1.54. The first-order chi connectivity index (χ1) is 10.8. The minimum atomic E-state index is -0.515. The molecule has 23 heavy (non-hydrogen) atoms. The molecule has 1 rings (SSSR count). The van der Waals surface area contributed by atoms with E-state index in [0.717, 1.165) is 5.56 Å². The molecule has 0 atom stereocenters. The Hall–Kier alpha value is -2.50. The van der Waals surface area contributed by atoms with Gasteiger partial charge in [-0.25, -0.2) is 9.59 Å². The highest BCUT2D eigenvalue weighted by Crippen LogP contribution is 2.13. The standard InChI is InChI=1S/C17H23NO5/c1-17(2,3)23-16(20)18-11-12-22-14-8-5-13(6-9-14)7-10-15(19)21-4/h5-10H,11-12H2,1-4H3,(H,18,20). The molecule has 0 saturated heterocycles. The summed E-state index contributed by atoms with van der Waals surface area (Å²) in [7, 11) is 1.33. The third-order valence-electron chi connectivity index (χ3n) is 2.53. The lowest BCUT2D eigenvalue weighted by Crippen LogP contribution is -2.34. The molecule has 0 saturated carbocycles. The summed E-state index contributed by atoms with van der Waals surface area (Å²) >= 11 is 0. The Morgan fingerprint density at radius 3 is 2.39 bits per heavy atom. The number of rotatable bonds is 6. The van der Waals surface area contributed by atoms with Gasteiger partial charge < -0.3 is 19.5 Å². The van der Waals surface area contributed by atoms with Crippen molar-refractivity contribution in [2.75, 3.05) is 20.3 Å². The van der Waals surface area contributed by atoms with Crippen molar-refractivity contribution < 1.29 is 23.8 Å². The number of alkyl carbamates (subject to hydrolysis) is 1. The number of carbonyl (C=O) groups excluding carboxylic acids is 2. The number of hydrogen-bond acceptors (Lipinski definition) is 5. The molecule has 1 amide bonds. The molecular weight excluding hydrogens is 298 g/mol. The Morgan fingerprint density at radius 2 is 1.83 bits per heavy atom. The lowest BCUT2D eigenvalue weighted by Gasteiger charge is -2.19. The van der Waals surface area contributed by atoms with Crippen LogP contribution in [0, 0.1) is 0 Å². The molecule has 0 unspecified atom stereocenters. The molecule has 0 aliphatic carbocycles. The van der Waals surface area contributed by atoms with E-state index < -0.39 is 17.7 Å². The number of hydrogen-bond donors (Lipinski definition) is 1. The van der Waals surface area contributed by atoms with Crippen molar-refractivity contribution in [3.8, 4) is 5.75 Å². The number of benzene rings is 1. The molecule has 0 radical (unpaired) electrons. The first-order valence-corrected chi connectivity index (χ1v) is 7.26. The summed E-state index contributed by atoms with van der Waals surface area (Å²) in [6.45, 7) is 6.09. The first kappa shape index (κ1) is 18.5. The molecule has 0 aliphatic rings. The fourth-order valence-corrected chi connectivity index (χ4v) is 1.54. The van der Waals surface area contributed by atoms with Crippen LogP contribution in [0.5, 0.6) is 5.75 Å². The minimum Gasteiger partial charge on any atom is -0.492 e. The van der Waals surface area contributed by atoms with Gasteiger partial charge in [0.05, 0.1) is 13.7 Å². The average Bonchev–Trinajstić information content (AvgIpc) is 2.48. The Bertz CT molecular complexity index is 543. The smallest absolute Gasteiger partial charge is 0.407 e. The molecule has 0 fully saturated rings. The van der Waals surface area contributed by atoms with Gasteiger partial charge in [0.2, 0.25) is 0 Å². The second kappa shape index (κ2) is 8.82. The van der Waals surface area contributed by atoms with Crippen molar-refractivity contribution in [1.82, 2.24) is 5.32 Å². The van der Waals surface area contributed by atoms with Crippen LogP contribution in [0.2, 0.25) is 0 Å². The van der Waals surface area contributed by atoms with Gasteiger partial charge >= 0.3 is 12.1 Å². The Labute approximate surface area is 136 Å². The average molecular weight is 321 g/mol. The van der Waals surface area contributed by atoms with Crippen molar-refractivity contribution >= 4 is 18.1 Å². The fraction of sp³-hybridized carbons (Fsp3) is 0.412. The Balaban J connectivity index is 2.32. The number of methoxy groups -OCH3 is 1. The highest BCUT2D eigenvalue weighted by atomic mass is 16.6. The zero-order valence-electron chi connectivity index (χ0n) is 13.9. The number of carbonyl (C=O) groups is 2. The zero-order chi connectivity index (χ0) is 17.3. The van der Waals surface area contributed by atoms with Gasteiger partial charge in [-0.3, -0.25) is 0 Å². The molecule has 1 aromatic carbocycles. The maximum absolute atomic E-state index is 11.4. The van der Waals surface area contributed by atoms with Crippen LogP contribution < -0.4 is 10.1 Å². The van der Waals surface area contributed by atoms with E-state index in [4.69, 9.17) is 9.47 Å². The molecule has 1 N–H and O–H groups in total. The predicted octanol–water partition coefficient (Wildman–Crippen LogP) is 2.78. The number of amides is 1. The molecule has 6 heteroatoms. The SMILES string of the molecule is COC(=O)C=Cc1ccc(OCCNC(=O)OC(C)(C)C)cc1. The van der Waals surface area contributed by atoms with Crippen molar-refractivity contribution in [3.05, 3.63) is 35.9 Å². The van der Waals surface area contributed by atoms with E-state index in [1.807, 2.05) is 12.1 Å². The normalized spacial score (nSPS) is 11.1. The molecule has 0 bridgehead atoms. The van der Waals surface area contributed by atoms with Gasteiger partial charge in [0.15, 0.2) is 0 Å². The monoisotopic (exact) mass is 321 g/mol. The molecule has 0 aliphatic heterocycles. The lowest BCUT2D eigenvalue weighted by atomic mass is 10.2. The van der Waals surface area contributed by atoms with E-state index in [1.54, 1.807) is 39.0 Å². The Kier molecular flexibility index (Phi) is 7.12. The number of nitrogens with one attached hydrogen (secondary N) is 1. The topological polar surface area (TPSA) is 73.9 Å². The predicted molar refractivity (Wildman–Crippen MR) is 87.2 cm³/mol. The summed E-state index contributed by atoms with van der Waals surface area (Å²) in [5.74, 6) is 0.268. The van der Waals surface area contributed by atoms with Crippen LogP contribution in [-0.2, 0) is 14.3 Å². The summed E-state index contributed by atoms with van der Waals surface area (Å²) < 4.78 is 15.1. The first-order valence-electron chi connectivity index (χ1n) is 7.26. The van der Waals surface area contributed by atoms with E-state index in [-0.39, 0.29) is 0 Å². The van der Waals surface area contributed by atoms with E-state index in [9.17, 15) is 9.59 Å². The highest BCUT2D eigenvalue weighted by Gasteiger charge is 2.15. The Morgan fingerprint density at radius 1 is 1.17 bits per heavy atom. The molecule has 6 nitrogen and oxygen atoms in total. The molecule has 0 spiro atoms. The van der Waals surface area contributed by atoms with Crippen LogP contribution in [0.4, 0.5) is 4.79 Å². The third kappa shape index (κ3) is 8.50. The zero-order valence-corrected chi connectivity index (χ0v) is 13.9. The van der Waals surface area contributed by atoms with Crippen molar-refractivity contribution in [1.29, 1.82) is 0 Å². The minimum absolute atomic E-state index is 0.330. The van der Waals surface area contributed by atoms with Crippen LogP contribution >= 0.6 is 0 Å². The maximum atomic E-state index is 11.4. The van der Waals surface area contributed by atoms with E-state index >= 15 is 0 Å². The van der Waals surface area contributed by atoms with Gasteiger partial charge in [-0.15, -0.1) is 0 Å². The maximum Gasteiger partial charge on any atom is 0.407 e. The number of esters is 1. The second-order valence-electron chi connectivity index (χ2n) is 5.70. The second-order valence-corrected chi connectivity index (χ2v) is 5.70. The van der Waals surface area contributed by atoms with E-state index in [1.165, 1.54) is 13.2 Å². The summed E-state index contributed by atoms with van der Waals surface area (Å²) in [6.07, 6.45) is 2.53. The van der Waals surface area contributed by atoms with E-state index in [0.29, 0.717) is 18.9 Å². The summed E-state index contributed by atoms with van der Waals surface area (Å²) in [4.78, 5) is 22.4. The van der Waals surface area contributed by atoms with Crippen LogP contribution in [0.1, 0.15) is 26.3 Å². The molecule has 0 aromatic heterocycles. The third-order valence-corrected chi connectivity index (χ3v) is 2.53. The lowest BCUT2D eigenvalue weighted by molar-refractivity contribution is -0.134. The molecule has 1 aromatic rings.